The van der Waals surface area contributed by atoms with Gasteiger partial charge in [-0.1, -0.05) is 42.5 Å². The van der Waals surface area contributed by atoms with Crippen LogP contribution in [0.25, 0.3) is 0 Å². The first-order valence-corrected chi connectivity index (χ1v) is 10.1. The molecule has 0 aromatic heterocycles. The minimum Gasteiger partial charge on any atom is -0.478 e. The number of carboxylic acids is 1. The van der Waals surface area contributed by atoms with E-state index >= 15 is 0 Å². The van der Waals surface area contributed by atoms with E-state index in [-0.39, 0.29) is 12.2 Å². The van der Waals surface area contributed by atoms with Gasteiger partial charge < -0.3 is 15.2 Å². The van der Waals surface area contributed by atoms with E-state index in [1.165, 1.54) is 0 Å². The third-order valence-corrected chi connectivity index (χ3v) is 6.11. The van der Waals surface area contributed by atoms with Crippen molar-refractivity contribution < 1.29 is 24.1 Å². The highest BCUT2D eigenvalue weighted by molar-refractivity contribution is 7.39. The van der Waals surface area contributed by atoms with Crippen molar-refractivity contribution in [2.75, 3.05) is 13.2 Å². The van der Waals surface area contributed by atoms with E-state index in [9.17, 15) is 19.4 Å². The second kappa shape index (κ2) is 8.28. The Hall–Kier alpha value is -2.11. The van der Waals surface area contributed by atoms with E-state index in [1.807, 2.05) is 43.3 Å². The average molecular weight is 388 g/mol. The van der Waals surface area contributed by atoms with Crippen molar-refractivity contribution in [3.05, 3.63) is 71.3 Å². The minimum atomic E-state index is -2.40. The topological polar surface area (TPSA) is 95.9 Å². The summed E-state index contributed by atoms with van der Waals surface area (Å²) >= 11 is 0. The van der Waals surface area contributed by atoms with E-state index in [0.29, 0.717) is 13.0 Å². The first-order chi connectivity index (χ1) is 12.9. The molecule has 3 rings (SSSR count). The molecule has 1 aliphatic heterocycles. The first-order valence-electron chi connectivity index (χ1n) is 8.79. The molecule has 0 aliphatic carbocycles. The van der Waals surface area contributed by atoms with Crippen LogP contribution < -0.4 is 5.32 Å². The number of hydrogen-bond acceptors (Lipinski definition) is 4. The van der Waals surface area contributed by atoms with Gasteiger partial charge in [0.05, 0.1) is 17.7 Å². The molecule has 1 heterocycles. The monoisotopic (exact) mass is 388 g/mol. The number of nitrogens with one attached hydrogen (secondary N) is 1. The smallest absolute Gasteiger partial charge is 0.478 e. The molecule has 6 nitrogen and oxygen atoms in total. The standard InChI is InChI=1S/C20H22NO5P/c1-20(16-9-5-8-15(11-16)19(22)23)13-26-17(12-21-20)18(27(24)25)10-14-6-3-2-4-7-14/h2-9,11,17-18,21H,10,12-13H2,1H3,(H-,22,23,24,25)/p+1/t17-,18?,20-/m0/s1. The molecule has 27 heavy (non-hydrogen) atoms. The highest BCUT2D eigenvalue weighted by atomic mass is 31.1. The number of carboxylic acid groups (broad SMARTS) is 1. The van der Waals surface area contributed by atoms with Crippen LogP contribution in [0.1, 0.15) is 28.4 Å². The summed E-state index contributed by atoms with van der Waals surface area (Å²) in [6.45, 7) is 2.64. The lowest BCUT2D eigenvalue weighted by atomic mass is 9.89. The molecule has 4 atom stereocenters. The minimum absolute atomic E-state index is 0.220. The van der Waals surface area contributed by atoms with Gasteiger partial charge in [0, 0.05) is 13.0 Å². The van der Waals surface area contributed by atoms with Crippen LogP contribution in [0.15, 0.2) is 54.6 Å². The normalized spacial score (nSPS) is 24.2. The van der Waals surface area contributed by atoms with Gasteiger partial charge >= 0.3 is 14.0 Å². The summed E-state index contributed by atoms with van der Waals surface area (Å²) in [6.07, 6.45) is 0.0685. The van der Waals surface area contributed by atoms with Crippen molar-refractivity contribution in [2.24, 2.45) is 0 Å². The van der Waals surface area contributed by atoms with Crippen LogP contribution >= 0.6 is 8.03 Å². The molecule has 1 aliphatic rings. The van der Waals surface area contributed by atoms with Crippen LogP contribution in [0.4, 0.5) is 0 Å². The van der Waals surface area contributed by atoms with Crippen LogP contribution in [0.3, 0.4) is 0 Å². The maximum absolute atomic E-state index is 11.9. The summed E-state index contributed by atoms with van der Waals surface area (Å²) in [5.41, 5.74) is 0.961. The summed E-state index contributed by atoms with van der Waals surface area (Å²) in [6, 6.07) is 16.3. The summed E-state index contributed by atoms with van der Waals surface area (Å²) in [5.74, 6) is -0.977. The second-order valence-electron chi connectivity index (χ2n) is 7.01. The van der Waals surface area contributed by atoms with Crippen molar-refractivity contribution in [1.29, 1.82) is 0 Å². The van der Waals surface area contributed by atoms with Crippen LogP contribution in [-0.4, -0.2) is 40.9 Å². The zero-order valence-corrected chi connectivity index (χ0v) is 15.9. The summed E-state index contributed by atoms with van der Waals surface area (Å²) < 4.78 is 17.9. The summed E-state index contributed by atoms with van der Waals surface area (Å²) in [7, 11) is -2.40. The van der Waals surface area contributed by atoms with Gasteiger partial charge in [-0.2, -0.15) is 4.89 Å². The molecule has 1 saturated heterocycles. The van der Waals surface area contributed by atoms with Gasteiger partial charge in [0.2, 0.25) is 5.66 Å². The third kappa shape index (κ3) is 4.60. The predicted octanol–water partition coefficient (Wildman–Crippen LogP) is 2.93. The molecular formula is C20H23NO5P+. The molecule has 0 spiro atoms. The SMILES string of the molecule is C[C@@]1(c2cccc(C(=O)O)c2)CO[C@H](C(Cc2ccccc2)[P+](=O)O)CN1. The third-order valence-electron chi connectivity index (χ3n) is 5.03. The summed E-state index contributed by atoms with van der Waals surface area (Å²) in [4.78, 5) is 21.0. The Bertz CT molecular complexity index is 818. The number of aromatic carboxylic acids is 1. The van der Waals surface area contributed by atoms with Crippen molar-refractivity contribution >= 4 is 14.0 Å². The van der Waals surface area contributed by atoms with E-state index in [0.717, 1.165) is 11.1 Å². The lowest BCUT2D eigenvalue weighted by Crippen LogP contribution is -2.55. The molecule has 3 N–H and O–H groups in total. The van der Waals surface area contributed by atoms with Gasteiger partial charge in [0.1, 0.15) is 6.10 Å². The van der Waals surface area contributed by atoms with Gasteiger partial charge in [0.25, 0.3) is 0 Å². The van der Waals surface area contributed by atoms with Gasteiger partial charge in [-0.3, -0.25) is 0 Å². The fourth-order valence-corrected chi connectivity index (χ4v) is 4.19. The molecule has 2 unspecified atom stereocenters. The fraction of sp³-hybridized carbons (Fsp3) is 0.350. The van der Waals surface area contributed by atoms with Crippen LogP contribution in [0.5, 0.6) is 0 Å². The van der Waals surface area contributed by atoms with E-state index < -0.39 is 31.3 Å². The first kappa shape index (κ1) is 19.6. The summed E-state index contributed by atoms with van der Waals surface area (Å²) in [5, 5.41) is 12.6. The molecule has 2 aromatic rings. The molecule has 0 radical (unpaired) electrons. The molecule has 1 fully saturated rings. The Labute approximate surface area is 159 Å². The van der Waals surface area contributed by atoms with Crippen molar-refractivity contribution in [1.82, 2.24) is 5.32 Å². The molecule has 0 bridgehead atoms. The predicted molar refractivity (Wildman–Crippen MR) is 102 cm³/mol. The Balaban J connectivity index is 1.72. The Kier molecular flexibility index (Phi) is 6.02. The number of benzene rings is 2. The highest BCUT2D eigenvalue weighted by Gasteiger charge is 2.43. The van der Waals surface area contributed by atoms with Crippen LogP contribution in [0.2, 0.25) is 0 Å². The molecule has 7 heteroatoms. The number of carbonyl (C=O) groups is 1. The van der Waals surface area contributed by atoms with E-state index in [4.69, 9.17) is 4.74 Å². The lowest BCUT2D eigenvalue weighted by Gasteiger charge is -2.39. The Morgan fingerprint density at radius 1 is 1.30 bits per heavy atom. The van der Waals surface area contributed by atoms with E-state index in [2.05, 4.69) is 5.32 Å². The lowest BCUT2D eigenvalue weighted by molar-refractivity contribution is -0.0313. The molecule has 142 valence electrons. The molecule has 0 saturated carbocycles. The average Bonchev–Trinajstić information content (AvgIpc) is 2.68. The number of ether oxygens (including phenoxy) is 1. The maximum atomic E-state index is 11.9. The fourth-order valence-electron chi connectivity index (χ4n) is 3.34. The second-order valence-corrected chi connectivity index (χ2v) is 8.28. The maximum Gasteiger partial charge on any atom is 0.511 e. The van der Waals surface area contributed by atoms with Crippen molar-refractivity contribution in [3.8, 4) is 0 Å². The van der Waals surface area contributed by atoms with Gasteiger partial charge in [-0.05, 0) is 34.7 Å². The Morgan fingerprint density at radius 3 is 2.63 bits per heavy atom. The molecule has 0 amide bonds. The van der Waals surface area contributed by atoms with Crippen LogP contribution in [-0.2, 0) is 21.3 Å². The van der Waals surface area contributed by atoms with Crippen molar-refractivity contribution in [2.45, 2.75) is 30.6 Å². The van der Waals surface area contributed by atoms with Gasteiger partial charge in [-0.15, -0.1) is 0 Å². The number of morpholine rings is 1. The number of hydrogen-bond donors (Lipinski definition) is 3. The largest absolute Gasteiger partial charge is 0.511 e. The van der Waals surface area contributed by atoms with Crippen molar-refractivity contribution in [3.63, 3.8) is 0 Å². The Morgan fingerprint density at radius 2 is 2.04 bits per heavy atom. The quantitative estimate of drug-likeness (QED) is 0.659. The zero-order chi connectivity index (χ0) is 19.4. The number of rotatable bonds is 6. The van der Waals surface area contributed by atoms with E-state index in [1.54, 1.807) is 18.2 Å². The molecule has 2 aromatic carbocycles. The van der Waals surface area contributed by atoms with Crippen LogP contribution in [0, 0.1) is 0 Å². The van der Waals surface area contributed by atoms with Gasteiger partial charge in [-0.25, -0.2) is 4.79 Å². The van der Waals surface area contributed by atoms with Gasteiger partial charge in [0.15, 0.2) is 0 Å². The molecular weight excluding hydrogens is 365 g/mol. The zero-order valence-electron chi connectivity index (χ0n) is 15.0. The highest BCUT2D eigenvalue weighted by Crippen LogP contribution is 2.34.